The molecule has 2 aromatic rings. The summed E-state index contributed by atoms with van der Waals surface area (Å²) >= 11 is 3.50. The topological polar surface area (TPSA) is 51.2 Å². The maximum atomic E-state index is 11.9. The zero-order valence-electron chi connectivity index (χ0n) is 13.8. The summed E-state index contributed by atoms with van der Waals surface area (Å²) < 4.78 is 6.42. The lowest BCUT2D eigenvalue weighted by atomic mass is 9.87. The van der Waals surface area contributed by atoms with Crippen LogP contribution in [-0.2, 0) is 10.2 Å². The molecule has 0 bridgehead atoms. The van der Waals surface area contributed by atoms with Crippen LogP contribution in [0.3, 0.4) is 0 Å². The summed E-state index contributed by atoms with van der Waals surface area (Å²) in [5.41, 5.74) is 2.30. The average molecular weight is 377 g/mol. The lowest BCUT2D eigenvalue weighted by Gasteiger charge is -2.20. The number of anilines is 1. The van der Waals surface area contributed by atoms with Crippen LogP contribution in [-0.4, -0.2) is 17.5 Å². The first kappa shape index (κ1) is 17.5. The molecule has 0 atom stereocenters. The van der Waals surface area contributed by atoms with E-state index in [4.69, 9.17) is 4.74 Å². The second-order valence-electron chi connectivity index (χ2n) is 6.45. The highest BCUT2D eigenvalue weighted by molar-refractivity contribution is 9.10. The van der Waals surface area contributed by atoms with Crippen molar-refractivity contribution in [1.82, 2.24) is 4.98 Å². The summed E-state index contributed by atoms with van der Waals surface area (Å²) in [6, 6.07) is 9.60. The average Bonchev–Trinajstić information content (AvgIpc) is 2.45. The van der Waals surface area contributed by atoms with E-state index in [1.165, 1.54) is 5.56 Å². The first-order valence-corrected chi connectivity index (χ1v) is 8.20. The molecular formula is C18H21BrN2O2. The molecule has 23 heavy (non-hydrogen) atoms. The number of benzene rings is 1. The highest BCUT2D eigenvalue weighted by Gasteiger charge is 2.15. The van der Waals surface area contributed by atoms with E-state index in [0.29, 0.717) is 11.6 Å². The molecule has 1 N–H and O–H groups in total. The highest BCUT2D eigenvalue weighted by Crippen LogP contribution is 2.31. The van der Waals surface area contributed by atoms with Crippen molar-refractivity contribution in [2.75, 3.05) is 11.9 Å². The van der Waals surface area contributed by atoms with Gasteiger partial charge in [0.1, 0.15) is 11.6 Å². The van der Waals surface area contributed by atoms with Crippen LogP contribution in [0.2, 0.25) is 0 Å². The van der Waals surface area contributed by atoms with Gasteiger partial charge in [-0.05, 0) is 63.7 Å². The molecule has 122 valence electrons. The second kappa shape index (κ2) is 7.13. The maximum Gasteiger partial charge on any atom is 0.263 e. The Labute approximate surface area is 145 Å². The Balaban J connectivity index is 1.97. The molecule has 4 nitrogen and oxygen atoms in total. The van der Waals surface area contributed by atoms with Crippen LogP contribution in [0.5, 0.6) is 5.75 Å². The van der Waals surface area contributed by atoms with E-state index in [1.54, 1.807) is 6.20 Å². The third-order valence-corrected chi connectivity index (χ3v) is 3.96. The van der Waals surface area contributed by atoms with Crippen molar-refractivity contribution >= 4 is 27.7 Å². The van der Waals surface area contributed by atoms with E-state index in [-0.39, 0.29) is 17.9 Å². The Bertz CT molecular complexity index is 708. The van der Waals surface area contributed by atoms with Gasteiger partial charge in [-0.3, -0.25) is 4.79 Å². The van der Waals surface area contributed by atoms with Crippen molar-refractivity contribution in [2.24, 2.45) is 0 Å². The summed E-state index contributed by atoms with van der Waals surface area (Å²) in [5, 5.41) is 2.72. The molecule has 0 aliphatic carbocycles. The van der Waals surface area contributed by atoms with Gasteiger partial charge in [0.15, 0.2) is 6.61 Å². The van der Waals surface area contributed by atoms with Crippen LogP contribution in [0.15, 0.2) is 41.0 Å². The lowest BCUT2D eigenvalue weighted by Crippen LogP contribution is -2.21. The van der Waals surface area contributed by atoms with E-state index in [9.17, 15) is 4.79 Å². The van der Waals surface area contributed by atoms with Gasteiger partial charge >= 0.3 is 0 Å². The fourth-order valence-electron chi connectivity index (χ4n) is 2.01. The fourth-order valence-corrected chi connectivity index (χ4v) is 2.50. The van der Waals surface area contributed by atoms with Crippen LogP contribution in [0.25, 0.3) is 0 Å². The van der Waals surface area contributed by atoms with Crippen LogP contribution in [0.4, 0.5) is 5.82 Å². The van der Waals surface area contributed by atoms with Crippen molar-refractivity contribution in [3.05, 3.63) is 52.1 Å². The summed E-state index contributed by atoms with van der Waals surface area (Å²) in [6.45, 7) is 8.33. The van der Waals surface area contributed by atoms with Gasteiger partial charge in [-0.1, -0.05) is 26.8 Å². The zero-order chi connectivity index (χ0) is 17.0. The molecule has 0 saturated carbocycles. The molecule has 1 aromatic heterocycles. The summed E-state index contributed by atoms with van der Waals surface area (Å²) in [4.78, 5) is 16.0. The number of carbonyl (C=O) groups excluding carboxylic acids is 1. The molecule has 0 fully saturated rings. The molecule has 1 aromatic carbocycles. The molecule has 1 heterocycles. The van der Waals surface area contributed by atoms with Gasteiger partial charge in [0.2, 0.25) is 0 Å². The van der Waals surface area contributed by atoms with Gasteiger partial charge in [-0.25, -0.2) is 4.98 Å². The number of ether oxygens (including phenoxy) is 1. The maximum absolute atomic E-state index is 11.9. The van der Waals surface area contributed by atoms with Crippen LogP contribution < -0.4 is 10.1 Å². The lowest BCUT2D eigenvalue weighted by molar-refractivity contribution is -0.118. The molecule has 2 rings (SSSR count). The van der Waals surface area contributed by atoms with Crippen LogP contribution in [0, 0.1) is 6.92 Å². The number of hydrogen-bond donors (Lipinski definition) is 1. The normalized spacial score (nSPS) is 11.2. The Kier molecular flexibility index (Phi) is 5.42. The van der Waals surface area contributed by atoms with E-state index >= 15 is 0 Å². The third-order valence-electron chi connectivity index (χ3n) is 3.34. The van der Waals surface area contributed by atoms with Crippen molar-refractivity contribution < 1.29 is 9.53 Å². The smallest absolute Gasteiger partial charge is 0.263 e. The molecule has 0 radical (unpaired) electrons. The Morgan fingerprint density at radius 3 is 2.61 bits per heavy atom. The SMILES string of the molecule is Cc1ccnc(NC(=O)COc2ccc(C(C)(C)C)cc2Br)c1. The predicted octanol–water partition coefficient (Wildman–Crippen LogP) is 4.47. The van der Waals surface area contributed by atoms with E-state index in [0.717, 1.165) is 10.0 Å². The molecule has 0 saturated heterocycles. The molecule has 1 amide bonds. The Morgan fingerprint density at radius 1 is 1.26 bits per heavy atom. The van der Waals surface area contributed by atoms with Crippen molar-refractivity contribution in [3.8, 4) is 5.75 Å². The van der Waals surface area contributed by atoms with E-state index in [1.807, 2.05) is 37.3 Å². The number of aromatic nitrogens is 1. The van der Waals surface area contributed by atoms with E-state index < -0.39 is 0 Å². The van der Waals surface area contributed by atoms with Crippen LogP contribution in [0.1, 0.15) is 31.9 Å². The standard InChI is InChI=1S/C18H21BrN2O2/c1-12-7-8-20-16(9-12)21-17(22)11-23-15-6-5-13(10-14(15)19)18(2,3)4/h5-10H,11H2,1-4H3,(H,20,21,22). The second-order valence-corrected chi connectivity index (χ2v) is 7.30. The molecule has 0 aliphatic heterocycles. The van der Waals surface area contributed by atoms with Crippen molar-refractivity contribution in [1.29, 1.82) is 0 Å². The van der Waals surface area contributed by atoms with Crippen molar-refractivity contribution in [3.63, 3.8) is 0 Å². The fraction of sp³-hybridized carbons (Fsp3) is 0.333. The number of nitrogens with one attached hydrogen (secondary N) is 1. The van der Waals surface area contributed by atoms with Crippen LogP contribution >= 0.6 is 15.9 Å². The number of pyridine rings is 1. The minimum atomic E-state index is -0.241. The van der Waals surface area contributed by atoms with E-state index in [2.05, 4.69) is 47.0 Å². The Hall–Kier alpha value is -1.88. The highest BCUT2D eigenvalue weighted by atomic mass is 79.9. The monoisotopic (exact) mass is 376 g/mol. The van der Waals surface area contributed by atoms with Gasteiger partial charge in [-0.2, -0.15) is 0 Å². The molecule has 0 aliphatic rings. The number of amides is 1. The molecule has 0 spiro atoms. The number of halogens is 1. The van der Waals surface area contributed by atoms with Gasteiger partial charge in [0.25, 0.3) is 5.91 Å². The minimum absolute atomic E-state index is 0.0647. The number of hydrogen-bond acceptors (Lipinski definition) is 3. The number of aryl methyl sites for hydroxylation is 1. The quantitative estimate of drug-likeness (QED) is 0.856. The molecule has 0 unspecified atom stereocenters. The predicted molar refractivity (Wildman–Crippen MR) is 95.9 cm³/mol. The van der Waals surface area contributed by atoms with Gasteiger partial charge < -0.3 is 10.1 Å². The number of rotatable bonds is 4. The summed E-state index contributed by atoms with van der Waals surface area (Å²) in [7, 11) is 0. The molecule has 5 heteroatoms. The molecular weight excluding hydrogens is 356 g/mol. The zero-order valence-corrected chi connectivity index (χ0v) is 15.4. The first-order chi connectivity index (χ1) is 10.8. The largest absolute Gasteiger partial charge is 0.483 e. The number of carbonyl (C=O) groups is 1. The minimum Gasteiger partial charge on any atom is -0.483 e. The number of nitrogens with zero attached hydrogens (tertiary/aromatic N) is 1. The van der Waals surface area contributed by atoms with Gasteiger partial charge in [0, 0.05) is 6.20 Å². The van der Waals surface area contributed by atoms with Gasteiger partial charge in [-0.15, -0.1) is 0 Å². The van der Waals surface area contributed by atoms with Gasteiger partial charge in [0.05, 0.1) is 4.47 Å². The van der Waals surface area contributed by atoms with Crippen molar-refractivity contribution in [2.45, 2.75) is 33.1 Å². The summed E-state index contributed by atoms with van der Waals surface area (Å²) in [5.74, 6) is 0.931. The third kappa shape index (κ3) is 5.06. The Morgan fingerprint density at radius 2 is 2.00 bits per heavy atom. The summed E-state index contributed by atoms with van der Waals surface area (Å²) in [6.07, 6.45) is 1.66. The first-order valence-electron chi connectivity index (χ1n) is 7.41.